The van der Waals surface area contributed by atoms with Crippen molar-refractivity contribution in [2.24, 2.45) is 0 Å². The average molecular weight is 397 g/mol. The molecule has 0 saturated carbocycles. The Morgan fingerprint density at radius 2 is 2.11 bits per heavy atom. The standard InChI is InChI=1S/C19H15N3O5S/c1-2-26-12-7-5-11(6-8-12)15-14(16(23)13-4-3-9-27-13)17(24)18(25)22(15)19-21-20-10-28-19/h3-10,15,24H,2H2,1H3. The van der Waals surface area contributed by atoms with Gasteiger partial charge in [0, 0.05) is 0 Å². The van der Waals surface area contributed by atoms with E-state index in [1.165, 1.54) is 22.7 Å². The molecule has 0 aliphatic carbocycles. The van der Waals surface area contributed by atoms with Crippen molar-refractivity contribution in [3.8, 4) is 5.75 Å². The summed E-state index contributed by atoms with van der Waals surface area (Å²) in [5.74, 6) is -1.22. The molecule has 1 amide bonds. The van der Waals surface area contributed by atoms with Crippen LogP contribution in [-0.4, -0.2) is 33.6 Å². The zero-order valence-electron chi connectivity index (χ0n) is 14.7. The number of benzene rings is 1. The number of carbonyl (C=O) groups is 2. The van der Waals surface area contributed by atoms with Crippen molar-refractivity contribution >= 4 is 28.2 Å². The number of carbonyl (C=O) groups excluding carboxylic acids is 2. The smallest absolute Gasteiger partial charge is 0.296 e. The molecular weight excluding hydrogens is 382 g/mol. The maximum Gasteiger partial charge on any atom is 0.296 e. The van der Waals surface area contributed by atoms with Crippen LogP contribution in [0.5, 0.6) is 5.75 Å². The van der Waals surface area contributed by atoms with Crippen molar-refractivity contribution in [2.75, 3.05) is 11.5 Å². The van der Waals surface area contributed by atoms with E-state index < -0.39 is 23.5 Å². The summed E-state index contributed by atoms with van der Waals surface area (Å²) in [6.07, 6.45) is 1.36. The van der Waals surface area contributed by atoms with Crippen LogP contribution < -0.4 is 9.64 Å². The molecule has 4 rings (SSSR count). The normalized spacial score (nSPS) is 16.7. The van der Waals surface area contributed by atoms with E-state index in [1.807, 2.05) is 6.92 Å². The van der Waals surface area contributed by atoms with Crippen LogP contribution in [0.3, 0.4) is 0 Å². The van der Waals surface area contributed by atoms with E-state index in [0.717, 1.165) is 11.3 Å². The van der Waals surface area contributed by atoms with E-state index in [4.69, 9.17) is 9.15 Å². The lowest BCUT2D eigenvalue weighted by Crippen LogP contribution is -2.31. The Hall–Kier alpha value is -3.46. The van der Waals surface area contributed by atoms with E-state index in [-0.39, 0.29) is 16.5 Å². The first-order chi connectivity index (χ1) is 13.6. The number of nitrogens with zero attached hydrogens (tertiary/aromatic N) is 3. The summed E-state index contributed by atoms with van der Waals surface area (Å²) in [4.78, 5) is 27.0. The van der Waals surface area contributed by atoms with Gasteiger partial charge in [0.1, 0.15) is 11.3 Å². The van der Waals surface area contributed by atoms with Gasteiger partial charge in [-0.15, -0.1) is 10.2 Å². The minimum atomic E-state index is -0.867. The Morgan fingerprint density at radius 1 is 1.32 bits per heavy atom. The van der Waals surface area contributed by atoms with E-state index in [9.17, 15) is 14.7 Å². The van der Waals surface area contributed by atoms with E-state index in [2.05, 4.69) is 10.2 Å². The molecule has 0 radical (unpaired) electrons. The first-order valence-corrected chi connectivity index (χ1v) is 9.33. The quantitative estimate of drug-likeness (QED) is 0.636. The monoisotopic (exact) mass is 397 g/mol. The van der Waals surface area contributed by atoms with Gasteiger partial charge in [-0.05, 0) is 36.8 Å². The number of aromatic nitrogens is 2. The van der Waals surface area contributed by atoms with Gasteiger partial charge in [-0.3, -0.25) is 14.5 Å². The predicted molar refractivity (Wildman–Crippen MR) is 100 cm³/mol. The second-order valence-corrected chi connectivity index (χ2v) is 6.68. The summed E-state index contributed by atoms with van der Waals surface area (Å²) in [5, 5.41) is 18.5. The molecule has 1 aliphatic heterocycles. The van der Waals surface area contributed by atoms with Crippen LogP contribution >= 0.6 is 11.3 Å². The third-order valence-corrected chi connectivity index (χ3v) is 4.95. The molecule has 28 heavy (non-hydrogen) atoms. The fourth-order valence-electron chi connectivity index (χ4n) is 3.08. The Bertz CT molecular complexity index is 1030. The van der Waals surface area contributed by atoms with Crippen LogP contribution in [0.15, 0.2) is 63.9 Å². The van der Waals surface area contributed by atoms with E-state index >= 15 is 0 Å². The molecule has 1 atom stereocenters. The zero-order chi connectivity index (χ0) is 19.7. The number of aliphatic hydroxyl groups is 1. The van der Waals surface area contributed by atoms with Gasteiger partial charge in [-0.2, -0.15) is 0 Å². The van der Waals surface area contributed by atoms with Gasteiger partial charge in [0.15, 0.2) is 11.5 Å². The summed E-state index contributed by atoms with van der Waals surface area (Å²) in [6, 6.07) is 9.15. The predicted octanol–water partition coefficient (Wildman–Crippen LogP) is 3.31. The SMILES string of the molecule is CCOc1ccc(C2C(C(=O)c3ccco3)=C(O)C(=O)N2c2nncs2)cc1. The van der Waals surface area contributed by atoms with Crippen LogP contribution in [0, 0.1) is 0 Å². The number of rotatable bonds is 6. The van der Waals surface area contributed by atoms with Crippen LogP contribution in [0.25, 0.3) is 0 Å². The lowest BCUT2D eigenvalue weighted by atomic mass is 9.95. The van der Waals surface area contributed by atoms with Crippen molar-refractivity contribution in [1.29, 1.82) is 0 Å². The molecule has 3 heterocycles. The van der Waals surface area contributed by atoms with Crippen LogP contribution in [0.1, 0.15) is 29.1 Å². The third kappa shape index (κ3) is 2.95. The highest BCUT2D eigenvalue weighted by Gasteiger charge is 2.46. The van der Waals surface area contributed by atoms with Gasteiger partial charge in [0.2, 0.25) is 10.9 Å². The van der Waals surface area contributed by atoms with Crippen LogP contribution in [0.2, 0.25) is 0 Å². The molecule has 0 bridgehead atoms. The number of furan rings is 1. The molecule has 0 saturated heterocycles. The highest BCUT2D eigenvalue weighted by Crippen LogP contribution is 2.42. The van der Waals surface area contributed by atoms with Gasteiger partial charge in [0.25, 0.3) is 5.91 Å². The lowest BCUT2D eigenvalue weighted by Gasteiger charge is -2.24. The fourth-order valence-corrected chi connectivity index (χ4v) is 3.66. The number of amides is 1. The Kier molecular flexibility index (Phi) is 4.66. The lowest BCUT2D eigenvalue weighted by molar-refractivity contribution is -0.117. The first kappa shape index (κ1) is 17.9. The number of aliphatic hydroxyl groups excluding tert-OH is 1. The average Bonchev–Trinajstić information content (AvgIpc) is 3.45. The largest absolute Gasteiger partial charge is 0.503 e. The van der Waals surface area contributed by atoms with Gasteiger partial charge in [-0.25, -0.2) is 0 Å². The third-order valence-electron chi connectivity index (χ3n) is 4.26. The summed E-state index contributed by atoms with van der Waals surface area (Å²) in [5.41, 5.74) is 2.02. The molecule has 142 valence electrons. The second-order valence-electron chi connectivity index (χ2n) is 5.87. The molecule has 0 fully saturated rings. The number of ketones is 1. The Morgan fingerprint density at radius 3 is 2.71 bits per heavy atom. The number of ether oxygens (including phenoxy) is 1. The van der Waals surface area contributed by atoms with Gasteiger partial charge < -0.3 is 14.3 Å². The summed E-state index contributed by atoms with van der Waals surface area (Å²) >= 11 is 1.13. The van der Waals surface area contributed by atoms with Crippen LogP contribution in [-0.2, 0) is 4.79 Å². The van der Waals surface area contributed by atoms with Gasteiger partial charge in [-0.1, -0.05) is 23.5 Å². The minimum Gasteiger partial charge on any atom is -0.503 e. The summed E-state index contributed by atoms with van der Waals surface area (Å²) in [7, 11) is 0. The van der Waals surface area contributed by atoms with Gasteiger partial charge >= 0.3 is 0 Å². The van der Waals surface area contributed by atoms with Crippen LogP contribution in [0.4, 0.5) is 5.13 Å². The molecule has 2 aromatic heterocycles. The highest BCUT2D eigenvalue weighted by molar-refractivity contribution is 7.13. The molecule has 9 heteroatoms. The summed E-state index contributed by atoms with van der Waals surface area (Å²) < 4.78 is 10.6. The molecule has 1 aromatic carbocycles. The molecule has 1 unspecified atom stereocenters. The maximum absolute atomic E-state index is 13.0. The van der Waals surface area contributed by atoms with Crippen molar-refractivity contribution in [2.45, 2.75) is 13.0 Å². The fraction of sp³-hybridized carbons (Fsp3) is 0.158. The Labute approximate surface area is 163 Å². The summed E-state index contributed by atoms with van der Waals surface area (Å²) in [6.45, 7) is 2.39. The second kappa shape index (κ2) is 7.28. The number of anilines is 1. The number of Topliss-reactive ketones (excluding diaryl/α,β-unsaturated/α-hetero) is 1. The minimum absolute atomic E-state index is 0.0319. The number of hydrogen-bond donors (Lipinski definition) is 1. The molecule has 1 N–H and O–H groups in total. The van der Waals surface area contributed by atoms with Crippen molar-refractivity contribution < 1.29 is 23.8 Å². The topological polar surface area (TPSA) is 106 Å². The number of hydrogen-bond acceptors (Lipinski definition) is 8. The first-order valence-electron chi connectivity index (χ1n) is 8.45. The van der Waals surface area contributed by atoms with E-state index in [0.29, 0.717) is 17.9 Å². The van der Waals surface area contributed by atoms with Crippen molar-refractivity contribution in [1.82, 2.24) is 10.2 Å². The van der Waals surface area contributed by atoms with E-state index in [1.54, 1.807) is 30.3 Å². The molecule has 3 aromatic rings. The van der Waals surface area contributed by atoms with Crippen molar-refractivity contribution in [3.63, 3.8) is 0 Å². The highest BCUT2D eigenvalue weighted by atomic mass is 32.1. The van der Waals surface area contributed by atoms with Crippen molar-refractivity contribution in [3.05, 3.63) is 70.8 Å². The molecule has 8 nitrogen and oxygen atoms in total. The maximum atomic E-state index is 13.0. The molecule has 1 aliphatic rings. The molecular formula is C19H15N3O5S. The zero-order valence-corrected chi connectivity index (χ0v) is 15.5. The van der Waals surface area contributed by atoms with Gasteiger partial charge in [0.05, 0.1) is 24.5 Å². The molecule has 0 spiro atoms. The Balaban J connectivity index is 1.82.